The zero-order chi connectivity index (χ0) is 21.7. The van der Waals surface area contributed by atoms with Gasteiger partial charge in [-0.3, -0.25) is 0 Å². The van der Waals surface area contributed by atoms with Crippen molar-refractivity contribution in [3.63, 3.8) is 0 Å². The molecule has 9 atom stereocenters. The zero-order valence-electron chi connectivity index (χ0n) is 20.6. The molecular formula is C28H48O2. The van der Waals surface area contributed by atoms with E-state index in [1.54, 1.807) is 5.57 Å². The van der Waals surface area contributed by atoms with Crippen molar-refractivity contribution in [3.05, 3.63) is 11.6 Å². The average Bonchev–Trinajstić information content (AvgIpc) is 3.25. The quantitative estimate of drug-likeness (QED) is 0.495. The van der Waals surface area contributed by atoms with E-state index in [0.29, 0.717) is 23.0 Å². The van der Waals surface area contributed by atoms with Crippen LogP contribution in [0.1, 0.15) is 106 Å². The molecule has 2 nitrogen and oxygen atoms in total. The number of ether oxygens (including phenoxy) is 1. The maximum Gasteiger partial charge on any atom is 0.0616 e. The Bertz CT molecular complexity index is 639. The Kier molecular flexibility index (Phi) is 6.50. The van der Waals surface area contributed by atoms with Crippen LogP contribution < -0.4 is 0 Å². The van der Waals surface area contributed by atoms with Crippen molar-refractivity contribution in [3.8, 4) is 0 Å². The van der Waals surface area contributed by atoms with Crippen molar-refractivity contribution < 1.29 is 9.84 Å². The summed E-state index contributed by atoms with van der Waals surface area (Å²) in [4.78, 5) is 0. The van der Waals surface area contributed by atoms with E-state index in [-0.39, 0.29) is 6.10 Å². The smallest absolute Gasteiger partial charge is 0.0616 e. The molecule has 0 aromatic carbocycles. The van der Waals surface area contributed by atoms with Gasteiger partial charge in [0.25, 0.3) is 0 Å². The summed E-state index contributed by atoms with van der Waals surface area (Å²) in [5, 5.41) is 10.2. The fourth-order valence-corrected chi connectivity index (χ4v) is 8.60. The van der Waals surface area contributed by atoms with Crippen LogP contribution in [0, 0.1) is 40.4 Å². The van der Waals surface area contributed by atoms with Gasteiger partial charge in [-0.05, 0) is 105 Å². The Morgan fingerprint density at radius 1 is 1.07 bits per heavy atom. The van der Waals surface area contributed by atoms with Gasteiger partial charge in [0.05, 0.1) is 18.3 Å². The normalized spacial score (nSPS) is 49.3. The Morgan fingerprint density at radius 2 is 1.83 bits per heavy atom. The maximum atomic E-state index is 10.2. The van der Waals surface area contributed by atoms with Crippen LogP contribution in [0.15, 0.2) is 11.6 Å². The van der Waals surface area contributed by atoms with E-state index in [0.717, 1.165) is 42.4 Å². The number of rotatable bonds is 3. The highest BCUT2D eigenvalue weighted by molar-refractivity contribution is 5.26. The fraction of sp³-hybridized carbons (Fsp3) is 0.929. The minimum Gasteiger partial charge on any atom is -0.393 e. The summed E-state index contributed by atoms with van der Waals surface area (Å²) in [5.41, 5.74) is 2.47. The van der Waals surface area contributed by atoms with E-state index < -0.39 is 0 Å². The molecule has 0 amide bonds. The second-order valence-electron chi connectivity index (χ2n) is 12.0. The van der Waals surface area contributed by atoms with E-state index in [2.05, 4.69) is 33.8 Å². The van der Waals surface area contributed by atoms with Crippen LogP contribution in [-0.2, 0) is 4.74 Å². The van der Waals surface area contributed by atoms with Crippen LogP contribution in [0.2, 0.25) is 0 Å². The van der Waals surface area contributed by atoms with E-state index in [1.807, 2.05) is 13.8 Å². The number of allylic oxidation sites excluding steroid dienone is 1. The number of fused-ring (bicyclic) bond motifs is 7. The van der Waals surface area contributed by atoms with Gasteiger partial charge in [0.15, 0.2) is 0 Å². The molecule has 6 unspecified atom stereocenters. The molecule has 0 radical (unpaired) electrons. The number of hydrogen-bond donors (Lipinski definition) is 1. The van der Waals surface area contributed by atoms with Crippen LogP contribution in [0.25, 0.3) is 0 Å². The van der Waals surface area contributed by atoms with Crippen molar-refractivity contribution in [1.82, 2.24) is 0 Å². The fourth-order valence-electron chi connectivity index (χ4n) is 8.60. The molecule has 1 heterocycles. The van der Waals surface area contributed by atoms with Crippen LogP contribution in [0.3, 0.4) is 0 Å². The van der Waals surface area contributed by atoms with Crippen LogP contribution in [-0.4, -0.2) is 23.4 Å². The summed E-state index contributed by atoms with van der Waals surface area (Å²) in [5.74, 6) is 4.15. The predicted octanol–water partition coefficient (Wildman–Crippen LogP) is 7.16. The molecule has 172 valence electrons. The lowest BCUT2D eigenvalue weighted by molar-refractivity contribution is -0.0515. The van der Waals surface area contributed by atoms with Gasteiger partial charge in [0, 0.05) is 0 Å². The topological polar surface area (TPSA) is 29.5 Å². The van der Waals surface area contributed by atoms with Crippen molar-refractivity contribution in [2.45, 2.75) is 124 Å². The van der Waals surface area contributed by atoms with Gasteiger partial charge >= 0.3 is 0 Å². The molecule has 2 heteroatoms. The first-order valence-electron chi connectivity index (χ1n) is 13.3. The first kappa shape index (κ1) is 22.8. The molecule has 1 N–H and O–H groups in total. The van der Waals surface area contributed by atoms with Crippen LogP contribution in [0.5, 0.6) is 0 Å². The second-order valence-corrected chi connectivity index (χ2v) is 12.0. The van der Waals surface area contributed by atoms with Gasteiger partial charge < -0.3 is 9.84 Å². The minimum absolute atomic E-state index is 0.0910. The van der Waals surface area contributed by atoms with Gasteiger partial charge in [0.1, 0.15) is 0 Å². The Morgan fingerprint density at radius 3 is 2.57 bits per heavy atom. The molecule has 4 fully saturated rings. The first-order chi connectivity index (χ1) is 14.3. The molecule has 5 aliphatic rings. The van der Waals surface area contributed by atoms with E-state index in [4.69, 9.17) is 4.74 Å². The van der Waals surface area contributed by atoms with Crippen molar-refractivity contribution in [2.24, 2.45) is 40.4 Å². The highest BCUT2D eigenvalue weighted by Crippen LogP contribution is 2.68. The van der Waals surface area contributed by atoms with Gasteiger partial charge in [-0.2, -0.15) is 0 Å². The molecule has 4 aliphatic carbocycles. The third-order valence-electron chi connectivity index (χ3n) is 10.2. The largest absolute Gasteiger partial charge is 0.393 e. The molecule has 5 rings (SSSR count). The maximum absolute atomic E-state index is 10.2. The Labute approximate surface area is 186 Å². The SMILES string of the molecule is CC.CC(C)CCC1C[C@@H]2[C@@H](CC3C4CC=C5C[C@@H](O)CCC5(C)C4CCC32C)O1. The molecule has 0 aromatic heterocycles. The predicted molar refractivity (Wildman–Crippen MR) is 125 cm³/mol. The summed E-state index contributed by atoms with van der Waals surface area (Å²) in [6.07, 6.45) is 16.0. The monoisotopic (exact) mass is 416 g/mol. The summed E-state index contributed by atoms with van der Waals surface area (Å²) in [7, 11) is 0. The van der Waals surface area contributed by atoms with Crippen molar-refractivity contribution >= 4 is 0 Å². The van der Waals surface area contributed by atoms with Gasteiger partial charge in [-0.25, -0.2) is 0 Å². The standard InChI is InChI=1S/C26H42O2.C2H6/c1-16(2)5-7-19-14-23-24(28-19)15-22-20-8-6-17-13-18(27)9-11-25(17,3)21(20)10-12-26(22,23)4;1-2/h6,16,18-24,27H,5,7-15H2,1-4H3;1-2H3/t18-,19?,20?,21?,22?,23+,24+,25?,26?;/m0./s1. The van der Waals surface area contributed by atoms with E-state index >= 15 is 0 Å². The zero-order valence-corrected chi connectivity index (χ0v) is 20.6. The number of aliphatic hydroxyl groups is 1. The third kappa shape index (κ3) is 3.62. The summed E-state index contributed by atoms with van der Waals surface area (Å²) >= 11 is 0. The lowest BCUT2D eigenvalue weighted by atomic mass is 9.47. The number of hydrogen-bond acceptors (Lipinski definition) is 2. The Hall–Kier alpha value is -0.340. The minimum atomic E-state index is -0.0910. The molecule has 1 saturated heterocycles. The second kappa shape index (κ2) is 8.54. The van der Waals surface area contributed by atoms with Gasteiger partial charge in [-0.1, -0.05) is 53.2 Å². The lowest BCUT2D eigenvalue weighted by Crippen LogP contribution is -2.50. The molecule has 0 bridgehead atoms. The van der Waals surface area contributed by atoms with E-state index in [9.17, 15) is 5.11 Å². The molecular weight excluding hydrogens is 368 g/mol. The molecule has 3 saturated carbocycles. The van der Waals surface area contributed by atoms with Gasteiger partial charge in [0.2, 0.25) is 0 Å². The average molecular weight is 417 g/mol. The lowest BCUT2D eigenvalue weighted by Gasteiger charge is -2.58. The highest BCUT2D eigenvalue weighted by Gasteiger charge is 2.63. The molecule has 30 heavy (non-hydrogen) atoms. The number of aliphatic hydroxyl groups excluding tert-OH is 1. The van der Waals surface area contributed by atoms with Gasteiger partial charge in [-0.15, -0.1) is 0 Å². The first-order valence-corrected chi connectivity index (χ1v) is 13.3. The third-order valence-corrected chi connectivity index (χ3v) is 10.2. The van der Waals surface area contributed by atoms with Crippen molar-refractivity contribution in [1.29, 1.82) is 0 Å². The summed E-state index contributed by atoms with van der Waals surface area (Å²) in [6, 6.07) is 0. The molecule has 0 aromatic rings. The summed E-state index contributed by atoms with van der Waals surface area (Å²) in [6.45, 7) is 13.9. The van der Waals surface area contributed by atoms with Crippen molar-refractivity contribution in [2.75, 3.05) is 0 Å². The molecule has 0 spiro atoms. The van der Waals surface area contributed by atoms with E-state index in [1.165, 1.54) is 51.4 Å². The summed E-state index contributed by atoms with van der Waals surface area (Å²) < 4.78 is 6.67. The Balaban J connectivity index is 0.00000106. The van der Waals surface area contributed by atoms with Crippen LogP contribution in [0.4, 0.5) is 0 Å². The highest BCUT2D eigenvalue weighted by atomic mass is 16.5. The molecule has 1 aliphatic heterocycles. The van der Waals surface area contributed by atoms with Crippen LogP contribution >= 0.6 is 0 Å².